The molecule has 4 N–H and O–H groups in total. The Morgan fingerprint density at radius 1 is 0.667 bits per heavy atom. The van der Waals surface area contributed by atoms with Crippen LogP contribution in [0.4, 0.5) is 0 Å². The maximum atomic E-state index is 5.83. The molecule has 0 aromatic rings. The summed E-state index contributed by atoms with van der Waals surface area (Å²) in [6.07, 6.45) is 12.4. The minimum absolute atomic E-state index is 0.284. The maximum Gasteiger partial charge on any atom is 0.0108 e. The van der Waals surface area contributed by atoms with Crippen molar-refractivity contribution < 1.29 is 0 Å². The van der Waals surface area contributed by atoms with Gasteiger partial charge in [-0.2, -0.15) is 0 Å². The lowest BCUT2D eigenvalue weighted by Gasteiger charge is -2.09. The van der Waals surface area contributed by atoms with Crippen LogP contribution in [-0.2, 0) is 0 Å². The predicted octanol–water partition coefficient (Wildman–Crippen LogP) is 1.33. The van der Waals surface area contributed by atoms with Crippen LogP contribution in [0.1, 0.15) is 25.7 Å². The molecular weight excluding hydrogens is 148 g/mol. The highest BCUT2D eigenvalue weighted by molar-refractivity contribution is 4.96. The molecule has 0 bridgehead atoms. The van der Waals surface area contributed by atoms with Gasteiger partial charge in [0.25, 0.3) is 0 Å². The third kappa shape index (κ3) is 3.69. The summed E-state index contributed by atoms with van der Waals surface area (Å²) in [5.41, 5.74) is 11.7. The summed E-state index contributed by atoms with van der Waals surface area (Å²) in [6.45, 7) is 0. The molecular formula is C10H18N2. The van der Waals surface area contributed by atoms with Crippen molar-refractivity contribution in [3.63, 3.8) is 0 Å². The van der Waals surface area contributed by atoms with Gasteiger partial charge in [-0.15, -0.1) is 0 Å². The number of nitrogens with two attached hydrogens (primary N) is 2. The van der Waals surface area contributed by atoms with E-state index in [1.165, 1.54) is 0 Å². The Hall–Kier alpha value is -0.600. The van der Waals surface area contributed by atoms with E-state index in [0.717, 1.165) is 25.7 Å². The topological polar surface area (TPSA) is 52.0 Å². The summed E-state index contributed by atoms with van der Waals surface area (Å²) >= 11 is 0. The normalized spacial score (nSPS) is 37.2. The van der Waals surface area contributed by atoms with Crippen molar-refractivity contribution in [1.29, 1.82) is 0 Å². The van der Waals surface area contributed by atoms with Gasteiger partial charge < -0.3 is 11.5 Å². The van der Waals surface area contributed by atoms with E-state index in [9.17, 15) is 0 Å². The van der Waals surface area contributed by atoms with Crippen LogP contribution in [0.5, 0.6) is 0 Å². The smallest absolute Gasteiger partial charge is 0.0108 e. The van der Waals surface area contributed by atoms with Crippen molar-refractivity contribution in [2.45, 2.75) is 37.8 Å². The summed E-state index contributed by atoms with van der Waals surface area (Å²) in [5.74, 6) is 0. The Kier molecular flexibility index (Phi) is 4.05. The second kappa shape index (κ2) is 5.12. The van der Waals surface area contributed by atoms with Gasteiger partial charge in [-0.05, 0) is 25.7 Å². The molecule has 0 aromatic heterocycles. The molecule has 0 amide bonds. The van der Waals surface area contributed by atoms with E-state index in [0.29, 0.717) is 0 Å². The highest BCUT2D eigenvalue weighted by Gasteiger charge is 2.00. The zero-order chi connectivity index (χ0) is 8.81. The molecule has 0 unspecified atom stereocenters. The van der Waals surface area contributed by atoms with Crippen LogP contribution >= 0.6 is 0 Å². The summed E-state index contributed by atoms with van der Waals surface area (Å²) in [4.78, 5) is 0. The Balaban J connectivity index is 2.43. The number of hydrogen-bond acceptors (Lipinski definition) is 2. The first-order valence-electron chi connectivity index (χ1n) is 4.60. The molecule has 0 aliphatic heterocycles. The fraction of sp³-hybridized carbons (Fsp3) is 0.600. The van der Waals surface area contributed by atoms with Crippen LogP contribution in [0.25, 0.3) is 0 Å². The van der Waals surface area contributed by atoms with Gasteiger partial charge in [-0.25, -0.2) is 0 Å². The molecule has 0 fully saturated rings. The summed E-state index contributed by atoms with van der Waals surface area (Å²) in [5, 5.41) is 0. The van der Waals surface area contributed by atoms with E-state index < -0.39 is 0 Å². The van der Waals surface area contributed by atoms with E-state index in [2.05, 4.69) is 24.3 Å². The first kappa shape index (κ1) is 9.49. The van der Waals surface area contributed by atoms with Crippen LogP contribution in [0.3, 0.4) is 0 Å². The lowest BCUT2D eigenvalue weighted by Crippen LogP contribution is -2.20. The fourth-order valence-electron chi connectivity index (χ4n) is 1.28. The van der Waals surface area contributed by atoms with Crippen LogP contribution in [-0.4, -0.2) is 12.1 Å². The van der Waals surface area contributed by atoms with E-state index in [1.54, 1.807) is 0 Å². The Morgan fingerprint density at radius 3 is 1.17 bits per heavy atom. The Labute approximate surface area is 74.3 Å². The third-order valence-corrected chi connectivity index (χ3v) is 2.09. The Morgan fingerprint density at radius 2 is 0.917 bits per heavy atom. The average Bonchev–Trinajstić information content (AvgIpc) is 2.06. The van der Waals surface area contributed by atoms with Crippen molar-refractivity contribution in [1.82, 2.24) is 0 Å². The quantitative estimate of drug-likeness (QED) is 0.533. The van der Waals surface area contributed by atoms with Gasteiger partial charge in [0.2, 0.25) is 0 Å². The van der Waals surface area contributed by atoms with Gasteiger partial charge in [0, 0.05) is 12.1 Å². The van der Waals surface area contributed by atoms with Crippen molar-refractivity contribution in [2.75, 3.05) is 0 Å². The molecule has 12 heavy (non-hydrogen) atoms. The molecule has 0 saturated heterocycles. The minimum Gasteiger partial charge on any atom is -0.327 e. The van der Waals surface area contributed by atoms with Crippen LogP contribution < -0.4 is 11.5 Å². The molecule has 0 heterocycles. The minimum atomic E-state index is 0.284. The van der Waals surface area contributed by atoms with E-state index in [-0.39, 0.29) is 12.1 Å². The molecule has 0 atom stereocenters. The van der Waals surface area contributed by atoms with E-state index in [4.69, 9.17) is 11.5 Å². The second-order valence-electron chi connectivity index (χ2n) is 3.41. The van der Waals surface area contributed by atoms with Gasteiger partial charge in [0.1, 0.15) is 0 Å². The van der Waals surface area contributed by atoms with Gasteiger partial charge in [-0.1, -0.05) is 24.3 Å². The number of hydrogen-bond donors (Lipinski definition) is 2. The molecule has 68 valence electrons. The molecule has 1 aliphatic rings. The highest BCUT2D eigenvalue weighted by Crippen LogP contribution is 2.05. The van der Waals surface area contributed by atoms with Gasteiger partial charge >= 0.3 is 0 Å². The van der Waals surface area contributed by atoms with Crippen LogP contribution in [0.2, 0.25) is 0 Å². The van der Waals surface area contributed by atoms with Gasteiger partial charge in [-0.3, -0.25) is 0 Å². The van der Waals surface area contributed by atoms with Crippen molar-refractivity contribution >= 4 is 0 Å². The number of rotatable bonds is 0. The molecule has 0 radical (unpaired) electrons. The lowest BCUT2D eigenvalue weighted by atomic mass is 10.0. The highest BCUT2D eigenvalue weighted by atomic mass is 14.6. The van der Waals surface area contributed by atoms with Crippen molar-refractivity contribution in [2.24, 2.45) is 11.5 Å². The molecule has 0 aromatic carbocycles. The van der Waals surface area contributed by atoms with Crippen LogP contribution in [0.15, 0.2) is 24.3 Å². The monoisotopic (exact) mass is 166 g/mol. The fourth-order valence-corrected chi connectivity index (χ4v) is 1.28. The SMILES string of the molecule is NC1C/C=C\CC(N)C/C=C\C1. The first-order chi connectivity index (χ1) is 5.79. The first-order valence-corrected chi connectivity index (χ1v) is 4.60. The Bertz CT molecular complexity index is 137. The van der Waals surface area contributed by atoms with E-state index in [1.807, 2.05) is 0 Å². The molecule has 2 heteroatoms. The molecule has 2 nitrogen and oxygen atoms in total. The summed E-state index contributed by atoms with van der Waals surface area (Å²) < 4.78 is 0. The summed E-state index contributed by atoms with van der Waals surface area (Å²) in [6, 6.07) is 0.568. The maximum absolute atomic E-state index is 5.83. The van der Waals surface area contributed by atoms with Gasteiger partial charge in [0.05, 0.1) is 0 Å². The standard InChI is InChI=1S/C10H18N2/c11-9-5-1-2-6-10(12)8-4-3-7-9/h1-4,9-10H,5-8,11-12H2/b2-1-,4-3-. The molecule has 1 rings (SSSR count). The zero-order valence-electron chi connectivity index (χ0n) is 7.45. The predicted molar refractivity (Wildman–Crippen MR) is 52.7 cm³/mol. The van der Waals surface area contributed by atoms with Crippen molar-refractivity contribution in [3.8, 4) is 0 Å². The van der Waals surface area contributed by atoms with Crippen molar-refractivity contribution in [3.05, 3.63) is 24.3 Å². The lowest BCUT2D eigenvalue weighted by molar-refractivity contribution is 0.659. The summed E-state index contributed by atoms with van der Waals surface area (Å²) in [7, 11) is 0. The van der Waals surface area contributed by atoms with Crippen LogP contribution in [0, 0.1) is 0 Å². The molecule has 0 spiro atoms. The third-order valence-electron chi connectivity index (χ3n) is 2.09. The molecule has 1 aliphatic carbocycles. The molecule has 0 saturated carbocycles. The zero-order valence-corrected chi connectivity index (χ0v) is 7.45. The average molecular weight is 166 g/mol. The second-order valence-corrected chi connectivity index (χ2v) is 3.41. The van der Waals surface area contributed by atoms with Gasteiger partial charge in [0.15, 0.2) is 0 Å². The largest absolute Gasteiger partial charge is 0.327 e. The van der Waals surface area contributed by atoms with E-state index >= 15 is 0 Å².